The van der Waals surface area contributed by atoms with Crippen LogP contribution in [0.25, 0.3) is 0 Å². The van der Waals surface area contributed by atoms with Crippen LogP contribution in [0.5, 0.6) is 0 Å². The monoisotopic (exact) mass is 203 g/mol. The highest BCUT2D eigenvalue weighted by atomic mass is 19.1. The molecule has 0 saturated heterocycles. The first kappa shape index (κ1) is 9.58. The average molecular weight is 203 g/mol. The zero-order valence-corrected chi connectivity index (χ0v) is 8.26. The molecule has 2 rings (SSSR count). The molecule has 4 heteroatoms. The van der Waals surface area contributed by atoms with Crippen molar-refractivity contribution >= 4 is 11.5 Å². The van der Waals surface area contributed by atoms with Gasteiger partial charge in [0.05, 0.1) is 5.69 Å². The third kappa shape index (κ3) is 2.28. The van der Waals surface area contributed by atoms with Crippen molar-refractivity contribution < 1.29 is 4.39 Å². The Morgan fingerprint density at radius 3 is 2.67 bits per heavy atom. The molecule has 1 aromatic heterocycles. The molecule has 0 N–H and O–H groups in total. The van der Waals surface area contributed by atoms with E-state index in [0.717, 1.165) is 11.5 Å². The SMILES string of the molecule is CC(=Nc1ccc(F)cc1)n1ccnc1. The predicted octanol–water partition coefficient (Wildman–Crippen LogP) is 2.62. The average Bonchev–Trinajstić information content (AvgIpc) is 2.74. The van der Waals surface area contributed by atoms with Gasteiger partial charge in [-0.05, 0) is 31.2 Å². The van der Waals surface area contributed by atoms with Crippen LogP contribution in [0.1, 0.15) is 6.92 Å². The van der Waals surface area contributed by atoms with Crippen LogP contribution in [-0.4, -0.2) is 15.4 Å². The summed E-state index contributed by atoms with van der Waals surface area (Å²) in [5.41, 5.74) is 0.725. The van der Waals surface area contributed by atoms with E-state index in [4.69, 9.17) is 0 Å². The highest BCUT2D eigenvalue weighted by Gasteiger charge is 1.95. The van der Waals surface area contributed by atoms with Crippen molar-refractivity contribution in [2.75, 3.05) is 0 Å². The molecule has 0 spiro atoms. The quantitative estimate of drug-likeness (QED) is 0.517. The Labute approximate surface area is 86.9 Å². The standard InChI is InChI=1S/C11H10FN3/c1-9(15-7-6-13-8-15)14-11-4-2-10(12)3-5-11/h2-8H,1H3. The summed E-state index contributed by atoms with van der Waals surface area (Å²) < 4.78 is 14.4. The van der Waals surface area contributed by atoms with E-state index in [1.807, 2.05) is 13.1 Å². The van der Waals surface area contributed by atoms with Crippen LogP contribution >= 0.6 is 0 Å². The molecule has 0 aliphatic rings. The van der Waals surface area contributed by atoms with Crippen LogP contribution in [0.3, 0.4) is 0 Å². The molecule has 0 atom stereocenters. The maximum absolute atomic E-state index is 12.6. The van der Waals surface area contributed by atoms with Crippen LogP contribution in [0.2, 0.25) is 0 Å². The summed E-state index contributed by atoms with van der Waals surface area (Å²) in [5, 5.41) is 0. The minimum absolute atomic E-state index is 0.255. The molecule has 0 unspecified atom stereocenters. The van der Waals surface area contributed by atoms with Gasteiger partial charge in [-0.2, -0.15) is 0 Å². The van der Waals surface area contributed by atoms with Crippen LogP contribution in [0, 0.1) is 5.82 Å². The first-order valence-corrected chi connectivity index (χ1v) is 4.55. The third-order valence-electron chi connectivity index (χ3n) is 2.00. The van der Waals surface area contributed by atoms with Crippen molar-refractivity contribution in [1.29, 1.82) is 0 Å². The van der Waals surface area contributed by atoms with Gasteiger partial charge >= 0.3 is 0 Å². The maximum Gasteiger partial charge on any atom is 0.123 e. The lowest BCUT2D eigenvalue weighted by atomic mass is 10.3. The number of benzene rings is 1. The summed E-state index contributed by atoms with van der Waals surface area (Å²) in [7, 11) is 0. The third-order valence-corrected chi connectivity index (χ3v) is 2.00. The van der Waals surface area contributed by atoms with E-state index < -0.39 is 0 Å². The molecular formula is C11H10FN3. The summed E-state index contributed by atoms with van der Waals surface area (Å²) in [6.45, 7) is 1.87. The lowest BCUT2D eigenvalue weighted by Crippen LogP contribution is -2.03. The van der Waals surface area contributed by atoms with Crippen molar-refractivity contribution in [2.24, 2.45) is 4.99 Å². The Morgan fingerprint density at radius 1 is 1.33 bits per heavy atom. The molecule has 0 saturated carbocycles. The number of nitrogens with zero attached hydrogens (tertiary/aromatic N) is 3. The smallest absolute Gasteiger partial charge is 0.123 e. The molecule has 0 amide bonds. The fourth-order valence-electron chi connectivity index (χ4n) is 1.21. The van der Waals surface area contributed by atoms with Gasteiger partial charge in [-0.25, -0.2) is 14.4 Å². The van der Waals surface area contributed by atoms with E-state index in [9.17, 15) is 4.39 Å². The van der Waals surface area contributed by atoms with Gasteiger partial charge in [0.1, 0.15) is 18.0 Å². The molecule has 0 fully saturated rings. The number of hydrogen-bond donors (Lipinski definition) is 0. The van der Waals surface area contributed by atoms with E-state index in [2.05, 4.69) is 9.98 Å². The Balaban J connectivity index is 2.27. The summed E-state index contributed by atoms with van der Waals surface area (Å²) >= 11 is 0. The van der Waals surface area contributed by atoms with Gasteiger partial charge in [0, 0.05) is 12.4 Å². The summed E-state index contributed by atoms with van der Waals surface area (Å²) in [6, 6.07) is 6.05. The minimum atomic E-state index is -0.255. The van der Waals surface area contributed by atoms with Crippen LogP contribution < -0.4 is 0 Å². The van der Waals surface area contributed by atoms with Crippen LogP contribution in [0.15, 0.2) is 48.0 Å². The molecule has 0 radical (unpaired) electrons. The lowest BCUT2D eigenvalue weighted by molar-refractivity contribution is 0.628. The van der Waals surface area contributed by atoms with Crippen molar-refractivity contribution in [3.05, 3.63) is 48.8 Å². The van der Waals surface area contributed by atoms with Crippen LogP contribution in [0.4, 0.5) is 10.1 Å². The predicted molar refractivity (Wildman–Crippen MR) is 56.8 cm³/mol. The van der Waals surface area contributed by atoms with Gasteiger partial charge in [-0.1, -0.05) is 0 Å². The second-order valence-corrected chi connectivity index (χ2v) is 3.11. The summed E-state index contributed by atoms with van der Waals surface area (Å²) in [6.07, 6.45) is 5.16. The Hall–Kier alpha value is -1.97. The normalized spacial score (nSPS) is 11.7. The number of rotatable bonds is 1. The fraction of sp³-hybridized carbons (Fsp3) is 0.0909. The Morgan fingerprint density at radius 2 is 2.07 bits per heavy atom. The topological polar surface area (TPSA) is 30.2 Å². The zero-order valence-electron chi connectivity index (χ0n) is 8.26. The highest BCUT2D eigenvalue weighted by Crippen LogP contribution is 2.12. The first-order valence-electron chi connectivity index (χ1n) is 4.55. The number of hydrogen-bond acceptors (Lipinski definition) is 2. The second kappa shape index (κ2) is 4.04. The summed E-state index contributed by atoms with van der Waals surface area (Å²) in [5.74, 6) is 0.536. The lowest BCUT2D eigenvalue weighted by Gasteiger charge is -2.00. The molecule has 0 aliphatic heterocycles. The Kier molecular flexibility index (Phi) is 2.58. The number of halogens is 1. The van der Waals surface area contributed by atoms with Gasteiger partial charge < -0.3 is 0 Å². The van der Waals surface area contributed by atoms with E-state index in [0.29, 0.717) is 0 Å². The van der Waals surface area contributed by atoms with Crippen molar-refractivity contribution in [2.45, 2.75) is 6.92 Å². The molecule has 2 aromatic rings. The summed E-state index contributed by atoms with van der Waals surface area (Å²) in [4.78, 5) is 8.24. The van der Waals surface area contributed by atoms with E-state index in [-0.39, 0.29) is 5.82 Å². The first-order chi connectivity index (χ1) is 7.25. The second-order valence-electron chi connectivity index (χ2n) is 3.11. The Bertz CT molecular complexity index is 457. The van der Waals surface area contributed by atoms with Crippen LogP contribution in [-0.2, 0) is 0 Å². The molecule has 1 aromatic carbocycles. The van der Waals surface area contributed by atoms with Gasteiger partial charge in [0.25, 0.3) is 0 Å². The zero-order chi connectivity index (χ0) is 10.7. The van der Waals surface area contributed by atoms with E-state index >= 15 is 0 Å². The molecule has 0 aliphatic carbocycles. The largest absolute Gasteiger partial charge is 0.294 e. The highest BCUT2D eigenvalue weighted by molar-refractivity contribution is 5.84. The number of imidazole rings is 1. The maximum atomic E-state index is 12.6. The van der Waals surface area contributed by atoms with Crippen molar-refractivity contribution in [1.82, 2.24) is 9.55 Å². The van der Waals surface area contributed by atoms with Gasteiger partial charge in [-0.15, -0.1) is 0 Å². The molecule has 15 heavy (non-hydrogen) atoms. The fourth-order valence-corrected chi connectivity index (χ4v) is 1.21. The van der Waals surface area contributed by atoms with E-state index in [1.165, 1.54) is 12.1 Å². The van der Waals surface area contributed by atoms with E-state index in [1.54, 1.807) is 29.2 Å². The minimum Gasteiger partial charge on any atom is -0.294 e. The molecule has 76 valence electrons. The number of aliphatic imine (C=N–C) groups is 1. The van der Waals surface area contributed by atoms with Gasteiger partial charge in [0.15, 0.2) is 0 Å². The van der Waals surface area contributed by atoms with Crippen molar-refractivity contribution in [3.8, 4) is 0 Å². The molecule has 3 nitrogen and oxygen atoms in total. The van der Waals surface area contributed by atoms with Crippen molar-refractivity contribution in [3.63, 3.8) is 0 Å². The molecular weight excluding hydrogens is 193 g/mol. The molecule has 1 heterocycles. The van der Waals surface area contributed by atoms with Gasteiger partial charge in [0.2, 0.25) is 0 Å². The number of aromatic nitrogens is 2. The molecule has 0 bridgehead atoms. The van der Waals surface area contributed by atoms with Gasteiger partial charge in [-0.3, -0.25) is 4.57 Å².